The molecule has 4 heterocycles. The summed E-state index contributed by atoms with van der Waals surface area (Å²) in [5.41, 5.74) is 5.00. The van der Waals surface area contributed by atoms with Gasteiger partial charge in [0.2, 0.25) is 0 Å². The highest BCUT2D eigenvalue weighted by Crippen LogP contribution is 2.39. The van der Waals surface area contributed by atoms with E-state index in [0.29, 0.717) is 0 Å². The second-order valence-electron chi connectivity index (χ2n) is 8.02. The van der Waals surface area contributed by atoms with Gasteiger partial charge in [-0.05, 0) is 56.2 Å². The van der Waals surface area contributed by atoms with Crippen molar-refractivity contribution >= 4 is 17.3 Å². The van der Waals surface area contributed by atoms with Crippen LogP contribution in [0, 0.1) is 13.8 Å². The third kappa shape index (κ3) is 4.17. The molecule has 2 aromatic rings. The average molecular weight is 414 g/mol. The molecule has 2 saturated heterocycles. The first-order chi connectivity index (χ1) is 14.1. The van der Waals surface area contributed by atoms with Crippen LogP contribution in [0.1, 0.15) is 41.1 Å². The summed E-state index contributed by atoms with van der Waals surface area (Å²) in [7, 11) is 2.08. The fourth-order valence-electron chi connectivity index (χ4n) is 4.60. The van der Waals surface area contributed by atoms with E-state index in [4.69, 9.17) is 17.0 Å². The summed E-state index contributed by atoms with van der Waals surface area (Å²) in [6.07, 6.45) is 3.00. The van der Waals surface area contributed by atoms with Crippen molar-refractivity contribution in [1.82, 2.24) is 24.7 Å². The van der Waals surface area contributed by atoms with Gasteiger partial charge in [-0.1, -0.05) is 6.07 Å². The number of rotatable bonds is 6. The number of hydrogen-bond acceptors (Lipinski definition) is 4. The summed E-state index contributed by atoms with van der Waals surface area (Å²) in [5.74, 6) is 0. The number of aromatic nitrogens is 2. The Labute approximate surface area is 178 Å². The van der Waals surface area contributed by atoms with Gasteiger partial charge in [0.15, 0.2) is 5.11 Å². The average Bonchev–Trinajstić information content (AvgIpc) is 3.19. The SMILES string of the molecule is Cc1cc([C@H]2[C@@H](c3ccccn3)NC(=S)N2C)c(C)n1CCCN1CCOCC1. The van der Waals surface area contributed by atoms with Gasteiger partial charge in [0.1, 0.15) is 0 Å². The lowest BCUT2D eigenvalue weighted by atomic mass is 9.97. The van der Waals surface area contributed by atoms with Crippen LogP contribution in [0.15, 0.2) is 30.5 Å². The highest BCUT2D eigenvalue weighted by Gasteiger charge is 2.39. The molecular formula is C22H31N5OS. The number of thiocarbonyl (C=S) groups is 1. The van der Waals surface area contributed by atoms with Crippen LogP contribution in [-0.4, -0.2) is 64.4 Å². The van der Waals surface area contributed by atoms with Crippen LogP contribution in [0.4, 0.5) is 0 Å². The Balaban J connectivity index is 1.53. The zero-order valence-corrected chi connectivity index (χ0v) is 18.4. The zero-order chi connectivity index (χ0) is 20.4. The third-order valence-electron chi connectivity index (χ3n) is 6.23. The summed E-state index contributed by atoms with van der Waals surface area (Å²) in [6.45, 7) is 10.4. The van der Waals surface area contributed by atoms with Gasteiger partial charge in [0.05, 0.1) is 31.0 Å². The molecule has 2 aliphatic rings. The first-order valence-electron chi connectivity index (χ1n) is 10.5. The minimum atomic E-state index is 0.0657. The number of nitrogens with zero attached hydrogens (tertiary/aromatic N) is 4. The van der Waals surface area contributed by atoms with Gasteiger partial charge < -0.3 is 19.5 Å². The van der Waals surface area contributed by atoms with Crippen molar-refractivity contribution in [3.63, 3.8) is 0 Å². The van der Waals surface area contributed by atoms with Gasteiger partial charge in [0.25, 0.3) is 0 Å². The number of hydrogen-bond donors (Lipinski definition) is 1. The lowest BCUT2D eigenvalue weighted by Gasteiger charge is -2.27. The molecule has 2 aromatic heterocycles. The Bertz CT molecular complexity index is 846. The lowest BCUT2D eigenvalue weighted by Crippen LogP contribution is -2.37. The van der Waals surface area contributed by atoms with Crippen LogP contribution in [0.5, 0.6) is 0 Å². The van der Waals surface area contributed by atoms with E-state index in [-0.39, 0.29) is 12.1 Å². The summed E-state index contributed by atoms with van der Waals surface area (Å²) >= 11 is 5.59. The van der Waals surface area contributed by atoms with Crippen LogP contribution in [-0.2, 0) is 11.3 Å². The fraction of sp³-hybridized carbons (Fsp3) is 0.545. The van der Waals surface area contributed by atoms with E-state index in [1.807, 2.05) is 18.3 Å². The Morgan fingerprint density at radius 1 is 1.21 bits per heavy atom. The maximum absolute atomic E-state index is 5.59. The quantitative estimate of drug-likeness (QED) is 0.735. The van der Waals surface area contributed by atoms with E-state index < -0.39 is 0 Å². The van der Waals surface area contributed by atoms with Crippen LogP contribution >= 0.6 is 12.2 Å². The Morgan fingerprint density at radius 2 is 2.00 bits per heavy atom. The maximum atomic E-state index is 5.59. The zero-order valence-electron chi connectivity index (χ0n) is 17.6. The minimum Gasteiger partial charge on any atom is -0.379 e. The second kappa shape index (κ2) is 8.81. The molecule has 0 saturated carbocycles. The van der Waals surface area contributed by atoms with Gasteiger partial charge in [-0.25, -0.2) is 0 Å². The molecule has 6 nitrogen and oxygen atoms in total. The molecule has 0 aromatic carbocycles. The van der Waals surface area contributed by atoms with Crippen LogP contribution in [0.3, 0.4) is 0 Å². The van der Waals surface area contributed by atoms with E-state index in [1.165, 1.54) is 17.0 Å². The molecular weight excluding hydrogens is 382 g/mol. The molecule has 0 radical (unpaired) electrons. The monoisotopic (exact) mass is 413 g/mol. The molecule has 29 heavy (non-hydrogen) atoms. The normalized spacial score (nSPS) is 22.9. The van der Waals surface area contributed by atoms with Crippen molar-refractivity contribution in [3.8, 4) is 0 Å². The van der Waals surface area contributed by atoms with Gasteiger partial charge in [-0.15, -0.1) is 0 Å². The number of ether oxygens (including phenoxy) is 1. The molecule has 0 spiro atoms. The Morgan fingerprint density at radius 3 is 2.72 bits per heavy atom. The third-order valence-corrected chi connectivity index (χ3v) is 6.64. The molecule has 0 bridgehead atoms. The Kier molecular flexibility index (Phi) is 6.18. The molecule has 2 fully saturated rings. The minimum absolute atomic E-state index is 0.0657. The molecule has 4 rings (SSSR count). The lowest BCUT2D eigenvalue weighted by molar-refractivity contribution is 0.0369. The van der Waals surface area contributed by atoms with Crippen LogP contribution in [0.2, 0.25) is 0 Å². The molecule has 2 atom stereocenters. The predicted molar refractivity (Wildman–Crippen MR) is 119 cm³/mol. The largest absolute Gasteiger partial charge is 0.379 e. The van der Waals surface area contributed by atoms with E-state index >= 15 is 0 Å². The van der Waals surface area contributed by atoms with Crippen molar-refractivity contribution in [3.05, 3.63) is 53.1 Å². The van der Waals surface area contributed by atoms with Gasteiger partial charge in [-0.3, -0.25) is 9.88 Å². The highest BCUT2D eigenvalue weighted by atomic mass is 32.1. The van der Waals surface area contributed by atoms with Gasteiger partial charge >= 0.3 is 0 Å². The predicted octanol–water partition coefficient (Wildman–Crippen LogP) is 2.82. The van der Waals surface area contributed by atoms with E-state index in [9.17, 15) is 0 Å². The van der Waals surface area contributed by atoms with Gasteiger partial charge in [0, 0.05) is 50.8 Å². The molecule has 156 valence electrons. The van der Waals surface area contributed by atoms with E-state index in [0.717, 1.165) is 56.6 Å². The molecule has 0 unspecified atom stereocenters. The van der Waals surface area contributed by atoms with Crippen LogP contribution < -0.4 is 5.32 Å². The topological polar surface area (TPSA) is 45.6 Å². The number of pyridine rings is 1. The molecule has 1 N–H and O–H groups in total. The molecule has 0 amide bonds. The number of morpholine rings is 1. The molecule has 0 aliphatic carbocycles. The first-order valence-corrected chi connectivity index (χ1v) is 10.9. The van der Waals surface area contributed by atoms with Crippen LogP contribution in [0.25, 0.3) is 0 Å². The summed E-state index contributed by atoms with van der Waals surface area (Å²) in [5, 5.41) is 4.26. The van der Waals surface area contributed by atoms with E-state index in [1.54, 1.807) is 0 Å². The van der Waals surface area contributed by atoms with E-state index in [2.05, 4.69) is 57.7 Å². The first kappa shape index (κ1) is 20.3. The number of aryl methyl sites for hydroxylation is 1. The summed E-state index contributed by atoms with van der Waals surface area (Å²) < 4.78 is 7.91. The van der Waals surface area contributed by atoms with Crippen molar-refractivity contribution < 1.29 is 4.74 Å². The standard InChI is InChI=1S/C22H31N5OS/c1-16-15-18(17(2)27(16)10-6-9-26-11-13-28-14-12-26)21-20(24-22(29)25(21)3)19-7-4-5-8-23-19/h4-5,7-8,15,20-21H,6,9-14H2,1-3H3,(H,24,29)/t20-,21+/m1/s1. The summed E-state index contributed by atoms with van der Waals surface area (Å²) in [6, 6.07) is 8.62. The maximum Gasteiger partial charge on any atom is 0.169 e. The smallest absolute Gasteiger partial charge is 0.169 e. The van der Waals surface area contributed by atoms with Gasteiger partial charge in [-0.2, -0.15) is 0 Å². The van der Waals surface area contributed by atoms with Crippen molar-refractivity contribution in [1.29, 1.82) is 0 Å². The summed E-state index contributed by atoms with van der Waals surface area (Å²) in [4.78, 5) is 9.27. The molecule has 2 aliphatic heterocycles. The Hall–Kier alpha value is -1.96. The fourth-order valence-corrected chi connectivity index (χ4v) is 4.84. The van der Waals surface area contributed by atoms with Crippen molar-refractivity contribution in [2.75, 3.05) is 39.9 Å². The number of likely N-dealkylation sites (N-methyl/N-ethyl adjacent to an activating group) is 1. The van der Waals surface area contributed by atoms with Crippen molar-refractivity contribution in [2.24, 2.45) is 0 Å². The second-order valence-corrected chi connectivity index (χ2v) is 8.41. The highest BCUT2D eigenvalue weighted by molar-refractivity contribution is 7.80. The molecule has 7 heteroatoms. The number of nitrogens with one attached hydrogen (secondary N) is 1. The van der Waals surface area contributed by atoms with Crippen molar-refractivity contribution in [2.45, 2.75) is 38.9 Å².